The molecule has 9 heteroatoms. The van der Waals surface area contributed by atoms with Crippen molar-refractivity contribution in [2.45, 2.75) is 11.4 Å². The van der Waals surface area contributed by atoms with E-state index < -0.39 is 10.0 Å². The van der Waals surface area contributed by atoms with Gasteiger partial charge in [-0.3, -0.25) is 4.68 Å². The fourth-order valence-electron chi connectivity index (χ4n) is 1.58. The number of aryl methyl sites for hydroxylation is 1. The van der Waals surface area contributed by atoms with Crippen LogP contribution in [0.3, 0.4) is 0 Å². The Balaban J connectivity index is 2.27. The van der Waals surface area contributed by atoms with Crippen LogP contribution in [0, 0.1) is 0 Å². The SMILES string of the molecule is Cn1nccc1CNS(=O)(=O)c1ccc(Cl)c(N)c1Cl. The van der Waals surface area contributed by atoms with Crippen LogP contribution in [0.15, 0.2) is 29.3 Å². The number of anilines is 1. The Kier molecular flexibility index (Phi) is 4.24. The molecular formula is C11H12Cl2N4O2S. The molecule has 2 aromatic rings. The van der Waals surface area contributed by atoms with Crippen molar-refractivity contribution in [3.05, 3.63) is 40.1 Å². The van der Waals surface area contributed by atoms with E-state index >= 15 is 0 Å². The highest BCUT2D eigenvalue weighted by atomic mass is 35.5. The van der Waals surface area contributed by atoms with E-state index in [1.54, 1.807) is 24.0 Å². The van der Waals surface area contributed by atoms with Gasteiger partial charge in [0, 0.05) is 13.2 Å². The molecule has 108 valence electrons. The smallest absolute Gasteiger partial charge is 0.242 e. The highest BCUT2D eigenvalue weighted by molar-refractivity contribution is 7.89. The van der Waals surface area contributed by atoms with E-state index in [0.29, 0.717) is 5.69 Å². The van der Waals surface area contributed by atoms with Crippen molar-refractivity contribution < 1.29 is 8.42 Å². The highest BCUT2D eigenvalue weighted by Gasteiger charge is 2.20. The number of halogens is 2. The lowest BCUT2D eigenvalue weighted by atomic mass is 10.3. The average Bonchev–Trinajstić information content (AvgIpc) is 2.79. The molecule has 0 aliphatic heterocycles. The Morgan fingerprint density at radius 2 is 2.05 bits per heavy atom. The zero-order chi connectivity index (χ0) is 14.9. The summed E-state index contributed by atoms with van der Waals surface area (Å²) < 4.78 is 28.4. The van der Waals surface area contributed by atoms with E-state index in [1.165, 1.54) is 12.1 Å². The van der Waals surface area contributed by atoms with Crippen LogP contribution in [-0.4, -0.2) is 18.2 Å². The Bertz CT molecular complexity index is 743. The first-order valence-electron chi connectivity index (χ1n) is 5.53. The van der Waals surface area contributed by atoms with E-state index in [2.05, 4.69) is 9.82 Å². The Morgan fingerprint density at radius 3 is 2.65 bits per heavy atom. The van der Waals surface area contributed by atoms with Crippen LogP contribution in [-0.2, 0) is 23.6 Å². The van der Waals surface area contributed by atoms with Gasteiger partial charge in [0.25, 0.3) is 0 Å². The number of nitrogen functional groups attached to an aromatic ring is 1. The molecule has 0 saturated heterocycles. The van der Waals surface area contributed by atoms with E-state index in [9.17, 15) is 8.42 Å². The summed E-state index contributed by atoms with van der Waals surface area (Å²) in [7, 11) is -2.07. The van der Waals surface area contributed by atoms with E-state index in [1.807, 2.05) is 0 Å². The van der Waals surface area contributed by atoms with Crippen molar-refractivity contribution in [3.63, 3.8) is 0 Å². The molecule has 0 atom stereocenters. The normalized spacial score (nSPS) is 11.8. The van der Waals surface area contributed by atoms with Gasteiger partial charge in [-0.1, -0.05) is 23.2 Å². The first-order valence-corrected chi connectivity index (χ1v) is 7.77. The van der Waals surface area contributed by atoms with Crippen LogP contribution in [0.25, 0.3) is 0 Å². The minimum absolute atomic E-state index is 0.0386. The molecule has 0 saturated carbocycles. The summed E-state index contributed by atoms with van der Waals surface area (Å²) >= 11 is 11.7. The van der Waals surface area contributed by atoms with Gasteiger partial charge in [0.15, 0.2) is 0 Å². The van der Waals surface area contributed by atoms with Crippen molar-refractivity contribution >= 4 is 38.9 Å². The second kappa shape index (κ2) is 5.61. The number of sulfonamides is 1. The molecule has 1 aromatic heterocycles. The fraction of sp³-hybridized carbons (Fsp3) is 0.182. The summed E-state index contributed by atoms with van der Waals surface area (Å²) in [5.74, 6) is 0. The van der Waals surface area contributed by atoms with E-state index in [4.69, 9.17) is 28.9 Å². The quantitative estimate of drug-likeness (QED) is 0.834. The minimum atomic E-state index is -3.78. The average molecular weight is 335 g/mol. The number of nitrogens with two attached hydrogens (primary N) is 1. The lowest BCUT2D eigenvalue weighted by Crippen LogP contribution is -2.25. The van der Waals surface area contributed by atoms with Crippen molar-refractivity contribution in [1.29, 1.82) is 0 Å². The van der Waals surface area contributed by atoms with Crippen molar-refractivity contribution in [2.75, 3.05) is 5.73 Å². The minimum Gasteiger partial charge on any atom is -0.396 e. The third-order valence-corrected chi connectivity index (χ3v) is 5.04. The fourth-order valence-corrected chi connectivity index (χ4v) is 3.34. The molecule has 0 fully saturated rings. The predicted octanol–water partition coefficient (Wildman–Crippen LogP) is 1.79. The van der Waals surface area contributed by atoms with Gasteiger partial charge in [-0.05, 0) is 18.2 Å². The van der Waals surface area contributed by atoms with Crippen LogP contribution >= 0.6 is 23.2 Å². The van der Waals surface area contributed by atoms with Crippen LogP contribution in [0.1, 0.15) is 5.69 Å². The van der Waals surface area contributed by atoms with Gasteiger partial charge < -0.3 is 5.73 Å². The lowest BCUT2D eigenvalue weighted by Gasteiger charge is -2.10. The molecule has 0 unspecified atom stereocenters. The standard InChI is InChI=1S/C11H12Cl2N4O2S/c1-17-7(4-5-15-17)6-16-20(18,19)9-3-2-8(12)11(14)10(9)13/h2-5,16H,6,14H2,1H3. The third-order valence-electron chi connectivity index (χ3n) is 2.75. The second-order valence-corrected chi connectivity index (χ2v) is 6.56. The van der Waals surface area contributed by atoms with Crippen LogP contribution in [0.5, 0.6) is 0 Å². The lowest BCUT2D eigenvalue weighted by molar-refractivity contribution is 0.577. The predicted molar refractivity (Wildman–Crippen MR) is 78.1 cm³/mol. The van der Waals surface area contributed by atoms with E-state index in [0.717, 1.165) is 0 Å². The summed E-state index contributed by atoms with van der Waals surface area (Å²) in [6.07, 6.45) is 1.58. The molecule has 1 heterocycles. The summed E-state index contributed by atoms with van der Waals surface area (Å²) in [5.41, 5.74) is 6.38. The van der Waals surface area contributed by atoms with Gasteiger partial charge >= 0.3 is 0 Å². The largest absolute Gasteiger partial charge is 0.396 e. The number of aromatic nitrogens is 2. The summed E-state index contributed by atoms with van der Waals surface area (Å²) in [5, 5.41) is 4.07. The Hall–Kier alpha value is -1.28. The first-order chi connectivity index (χ1) is 9.33. The maximum Gasteiger partial charge on any atom is 0.242 e. The topological polar surface area (TPSA) is 90.0 Å². The molecule has 2 rings (SSSR count). The van der Waals surface area contributed by atoms with Gasteiger partial charge in [0.1, 0.15) is 4.90 Å². The van der Waals surface area contributed by atoms with Crippen LogP contribution < -0.4 is 10.5 Å². The molecule has 6 nitrogen and oxygen atoms in total. The summed E-state index contributed by atoms with van der Waals surface area (Å²) in [4.78, 5) is -0.108. The molecule has 0 aliphatic rings. The maximum atomic E-state index is 12.2. The number of hydrogen-bond donors (Lipinski definition) is 2. The number of benzene rings is 1. The molecule has 0 amide bonds. The molecule has 1 aromatic carbocycles. The van der Waals surface area contributed by atoms with Crippen molar-refractivity contribution in [1.82, 2.24) is 14.5 Å². The molecule has 0 aliphatic carbocycles. The number of nitrogens with one attached hydrogen (secondary N) is 1. The van der Waals surface area contributed by atoms with Gasteiger partial charge in [0.2, 0.25) is 10.0 Å². The Labute approximate surface area is 126 Å². The molecule has 0 spiro atoms. The van der Waals surface area contributed by atoms with Crippen LogP contribution in [0.2, 0.25) is 10.0 Å². The first kappa shape index (κ1) is 15.1. The number of nitrogens with zero attached hydrogens (tertiary/aromatic N) is 2. The molecule has 20 heavy (non-hydrogen) atoms. The maximum absolute atomic E-state index is 12.2. The summed E-state index contributed by atoms with van der Waals surface area (Å²) in [6.45, 7) is 0.0949. The molecule has 3 N–H and O–H groups in total. The highest BCUT2D eigenvalue weighted by Crippen LogP contribution is 2.32. The molecule has 0 radical (unpaired) electrons. The molecular weight excluding hydrogens is 323 g/mol. The zero-order valence-electron chi connectivity index (χ0n) is 10.5. The van der Waals surface area contributed by atoms with Crippen LogP contribution in [0.4, 0.5) is 5.69 Å². The summed E-state index contributed by atoms with van der Waals surface area (Å²) in [6, 6.07) is 4.41. The zero-order valence-corrected chi connectivity index (χ0v) is 12.8. The Morgan fingerprint density at radius 1 is 1.35 bits per heavy atom. The number of hydrogen-bond acceptors (Lipinski definition) is 4. The monoisotopic (exact) mass is 334 g/mol. The number of rotatable bonds is 4. The van der Waals surface area contributed by atoms with Crippen molar-refractivity contribution in [3.8, 4) is 0 Å². The molecule has 0 bridgehead atoms. The van der Waals surface area contributed by atoms with E-state index in [-0.39, 0.29) is 27.2 Å². The van der Waals surface area contributed by atoms with Gasteiger partial charge in [-0.2, -0.15) is 5.10 Å². The third kappa shape index (κ3) is 2.90. The van der Waals surface area contributed by atoms with Gasteiger partial charge in [-0.25, -0.2) is 13.1 Å². The van der Waals surface area contributed by atoms with Crippen molar-refractivity contribution in [2.24, 2.45) is 7.05 Å². The van der Waals surface area contributed by atoms with Gasteiger partial charge in [0.05, 0.1) is 28.0 Å². The van der Waals surface area contributed by atoms with Gasteiger partial charge in [-0.15, -0.1) is 0 Å². The second-order valence-electron chi connectivity index (χ2n) is 4.04.